The fourth-order valence-corrected chi connectivity index (χ4v) is 6.91. The van der Waals surface area contributed by atoms with Crippen molar-refractivity contribution in [3.8, 4) is 0 Å². The van der Waals surface area contributed by atoms with Crippen molar-refractivity contribution in [3.63, 3.8) is 0 Å². The number of carbonyl (C=O) groups is 7. The second-order valence-electron chi connectivity index (χ2n) is 16.7. The maximum atomic E-state index is 13.6. The number of carbonyl (C=O) groups excluding carboxylic acids is 7. The zero-order valence-corrected chi connectivity index (χ0v) is 39.3. The van der Waals surface area contributed by atoms with Crippen LogP contribution in [0, 0.1) is 0 Å². The summed E-state index contributed by atoms with van der Waals surface area (Å²) >= 11 is 0. The molecular formula is C43H89N15O7. The minimum atomic E-state index is -1.07. The van der Waals surface area contributed by atoms with Crippen LogP contribution in [0.2, 0.25) is 0 Å². The summed E-state index contributed by atoms with van der Waals surface area (Å²) in [6.07, 6.45) is 11.4. The predicted molar refractivity (Wildman–Crippen MR) is 254 cm³/mol. The molecule has 22 heteroatoms. The van der Waals surface area contributed by atoms with Crippen molar-refractivity contribution in [2.24, 2.45) is 45.9 Å². The van der Waals surface area contributed by atoms with E-state index in [9.17, 15) is 33.6 Å². The first kappa shape index (κ1) is 61.0. The van der Waals surface area contributed by atoms with Gasteiger partial charge in [-0.2, -0.15) is 0 Å². The minimum absolute atomic E-state index is 0.156. The molecule has 0 aliphatic carbocycles. The standard InChI is InChI=1S/C43H89N15O7/c1-52-34(20-5-12-26-47)42(64)58-35(21-7-14-27-53-38(60)30(48)16-2-9-23-44)41(63)55-29-13-6-19-33(37(51)59)56-43(65)36(57-40(62)32(50)18-4-11-25-46)22-8-15-28-54-39(61)31(49)17-3-10-24-45/h30-36,52H,2-29,44-50H2,1H3,(H2,51,59)(H,53,60)(H,54,61)(H,55,63)(H,56,65)(H,57,62)(H,58,64). The van der Waals surface area contributed by atoms with E-state index < -0.39 is 60.0 Å². The number of primary amides is 1. The van der Waals surface area contributed by atoms with Crippen LogP contribution >= 0.6 is 0 Å². The largest absolute Gasteiger partial charge is 0.368 e. The molecule has 0 spiro atoms. The van der Waals surface area contributed by atoms with Gasteiger partial charge >= 0.3 is 0 Å². The minimum Gasteiger partial charge on any atom is -0.368 e. The third kappa shape index (κ3) is 30.0. The molecule has 7 atom stereocenters. The van der Waals surface area contributed by atoms with Crippen LogP contribution in [-0.4, -0.2) is 137 Å². The Balaban J connectivity index is 5.45. The summed E-state index contributed by atoms with van der Waals surface area (Å²) < 4.78 is 0. The Morgan fingerprint density at radius 3 is 1.05 bits per heavy atom. The van der Waals surface area contributed by atoms with E-state index in [0.29, 0.717) is 123 Å². The highest BCUT2D eigenvalue weighted by Gasteiger charge is 2.28. The Morgan fingerprint density at radius 2 is 0.646 bits per heavy atom. The topological polar surface area (TPSA) is 412 Å². The van der Waals surface area contributed by atoms with Gasteiger partial charge in [-0.3, -0.25) is 33.6 Å². The van der Waals surface area contributed by atoms with Crippen molar-refractivity contribution >= 4 is 41.4 Å². The smallest absolute Gasteiger partial charge is 0.243 e. The zero-order chi connectivity index (χ0) is 48.8. The first-order chi connectivity index (χ1) is 31.2. The highest BCUT2D eigenvalue weighted by Crippen LogP contribution is 2.09. The van der Waals surface area contributed by atoms with E-state index in [4.69, 9.17) is 45.9 Å². The van der Waals surface area contributed by atoms with E-state index in [-0.39, 0.29) is 43.0 Å². The lowest BCUT2D eigenvalue weighted by molar-refractivity contribution is -0.132. The average molecular weight is 928 g/mol. The van der Waals surface area contributed by atoms with Crippen LogP contribution in [0.15, 0.2) is 0 Å². The Hall–Kier alpha value is -4.03. The summed E-state index contributed by atoms with van der Waals surface area (Å²) in [6.45, 7) is 2.92. The van der Waals surface area contributed by atoms with E-state index in [1.54, 1.807) is 7.05 Å². The molecule has 0 aliphatic rings. The monoisotopic (exact) mass is 928 g/mol. The van der Waals surface area contributed by atoms with E-state index >= 15 is 0 Å². The zero-order valence-electron chi connectivity index (χ0n) is 39.3. The molecule has 7 unspecified atom stereocenters. The van der Waals surface area contributed by atoms with Gasteiger partial charge in [0.2, 0.25) is 41.4 Å². The quantitative estimate of drug-likeness (QED) is 0.0269. The molecule has 0 saturated carbocycles. The van der Waals surface area contributed by atoms with Crippen LogP contribution < -0.4 is 83.1 Å². The summed E-state index contributed by atoms with van der Waals surface area (Å²) in [4.78, 5) is 90.5. The highest BCUT2D eigenvalue weighted by atomic mass is 16.2. The Morgan fingerprint density at radius 1 is 0.354 bits per heavy atom. The molecule has 0 bridgehead atoms. The molecule has 0 aromatic rings. The maximum absolute atomic E-state index is 13.6. The van der Waals surface area contributed by atoms with Gasteiger partial charge in [0.1, 0.15) is 18.1 Å². The number of unbranched alkanes of at least 4 members (excludes halogenated alkanes) is 7. The number of nitrogens with one attached hydrogen (secondary N) is 7. The van der Waals surface area contributed by atoms with Gasteiger partial charge in [0.25, 0.3) is 0 Å². The van der Waals surface area contributed by atoms with E-state index in [0.717, 1.165) is 38.5 Å². The molecule has 22 nitrogen and oxygen atoms in total. The van der Waals surface area contributed by atoms with Crippen LogP contribution in [0.3, 0.4) is 0 Å². The van der Waals surface area contributed by atoms with Crippen molar-refractivity contribution in [1.29, 1.82) is 0 Å². The molecule has 0 aromatic carbocycles. The van der Waals surface area contributed by atoms with Crippen LogP contribution in [0.4, 0.5) is 0 Å². The molecule has 0 aliphatic heterocycles. The normalized spacial score (nSPS) is 14.5. The second kappa shape index (κ2) is 39.2. The number of hydrogen-bond donors (Lipinski definition) is 15. The lowest BCUT2D eigenvalue weighted by Crippen LogP contribution is -2.55. The SMILES string of the molecule is CNC(CCCCN)C(=O)NC(CCCCNC(=O)C(N)CCCCN)C(=O)NCCCCC(NC(=O)C(CCCCNC(=O)C(N)CCCCN)NC(=O)C(N)CCCCN)C(N)=O. The van der Waals surface area contributed by atoms with Crippen molar-refractivity contribution in [3.05, 3.63) is 0 Å². The molecular weight excluding hydrogens is 839 g/mol. The van der Waals surface area contributed by atoms with Crippen molar-refractivity contribution in [1.82, 2.24) is 37.2 Å². The van der Waals surface area contributed by atoms with Crippen molar-refractivity contribution in [2.75, 3.05) is 52.9 Å². The molecule has 0 radical (unpaired) electrons. The second-order valence-corrected chi connectivity index (χ2v) is 16.7. The van der Waals surface area contributed by atoms with Crippen molar-refractivity contribution in [2.45, 2.75) is 177 Å². The lowest BCUT2D eigenvalue weighted by Gasteiger charge is -2.24. The first-order valence-electron chi connectivity index (χ1n) is 23.9. The number of amides is 7. The molecule has 0 rings (SSSR count). The van der Waals surface area contributed by atoms with Gasteiger partial charge in [-0.25, -0.2) is 0 Å². The summed E-state index contributed by atoms with van der Waals surface area (Å²) in [5, 5.41) is 19.8. The van der Waals surface area contributed by atoms with Crippen LogP contribution in [0.25, 0.3) is 0 Å². The van der Waals surface area contributed by atoms with Crippen LogP contribution in [0.5, 0.6) is 0 Å². The fourth-order valence-electron chi connectivity index (χ4n) is 6.91. The Bertz CT molecular complexity index is 1350. The van der Waals surface area contributed by atoms with Crippen LogP contribution in [-0.2, 0) is 33.6 Å². The van der Waals surface area contributed by atoms with E-state index in [2.05, 4.69) is 37.2 Å². The van der Waals surface area contributed by atoms with Gasteiger partial charge in [0.05, 0.1) is 24.2 Å². The van der Waals surface area contributed by atoms with Crippen molar-refractivity contribution < 1.29 is 33.6 Å². The molecule has 0 saturated heterocycles. The summed E-state index contributed by atoms with van der Waals surface area (Å²) in [6, 6.07) is -5.60. The first-order valence-corrected chi connectivity index (χ1v) is 23.9. The molecule has 0 heterocycles. The molecule has 0 aromatic heterocycles. The number of hydrogen-bond acceptors (Lipinski definition) is 15. The van der Waals surface area contributed by atoms with Gasteiger partial charge in [-0.1, -0.05) is 25.7 Å². The van der Waals surface area contributed by atoms with Gasteiger partial charge in [-0.05, 0) is 142 Å². The van der Waals surface area contributed by atoms with E-state index in [1.165, 1.54) is 0 Å². The predicted octanol–water partition coefficient (Wildman–Crippen LogP) is -3.13. The van der Waals surface area contributed by atoms with Gasteiger partial charge in [0.15, 0.2) is 0 Å². The highest BCUT2D eigenvalue weighted by molar-refractivity contribution is 5.93. The molecule has 7 amide bonds. The van der Waals surface area contributed by atoms with E-state index in [1.807, 2.05) is 0 Å². The summed E-state index contributed by atoms with van der Waals surface area (Å²) in [5.41, 5.74) is 46.0. The molecule has 0 fully saturated rings. The lowest BCUT2D eigenvalue weighted by atomic mass is 10.0. The van der Waals surface area contributed by atoms with Crippen LogP contribution in [0.1, 0.15) is 135 Å². The summed E-state index contributed by atoms with van der Waals surface area (Å²) in [5.74, 6) is -3.12. The molecule has 378 valence electrons. The fraction of sp³-hybridized carbons (Fsp3) is 0.837. The maximum Gasteiger partial charge on any atom is 0.243 e. The molecule has 65 heavy (non-hydrogen) atoms. The third-order valence-electron chi connectivity index (χ3n) is 11.1. The van der Waals surface area contributed by atoms with Gasteiger partial charge < -0.3 is 83.1 Å². The third-order valence-corrected chi connectivity index (χ3v) is 11.1. The average Bonchev–Trinajstić information content (AvgIpc) is 3.28. The Labute approximate surface area is 387 Å². The number of nitrogens with two attached hydrogens (primary N) is 8. The Kier molecular flexibility index (Phi) is 36.7. The summed E-state index contributed by atoms with van der Waals surface area (Å²) in [7, 11) is 1.68. The van der Waals surface area contributed by atoms with Gasteiger partial charge in [0, 0.05) is 19.6 Å². The molecule has 23 N–H and O–H groups in total. The van der Waals surface area contributed by atoms with Gasteiger partial charge in [-0.15, -0.1) is 0 Å². The number of rotatable bonds is 42. The number of likely N-dealkylation sites (N-methyl/N-ethyl adjacent to an activating group) is 1.